The number of nitrogens with zero attached hydrogens (tertiary/aromatic N) is 1. The van der Waals surface area contributed by atoms with Crippen molar-refractivity contribution in [1.82, 2.24) is 4.90 Å². The average molecular weight is 276 g/mol. The molecule has 4 nitrogen and oxygen atoms in total. The Morgan fingerprint density at radius 3 is 2.65 bits per heavy atom. The van der Waals surface area contributed by atoms with E-state index in [-0.39, 0.29) is 11.6 Å². The summed E-state index contributed by atoms with van der Waals surface area (Å²) in [6.45, 7) is 2.07. The zero-order valence-electron chi connectivity index (χ0n) is 12.4. The highest BCUT2D eigenvalue weighted by Gasteiger charge is 2.35. The molecule has 2 N–H and O–H groups in total. The monoisotopic (exact) mass is 276 g/mol. The quantitative estimate of drug-likeness (QED) is 0.915. The van der Waals surface area contributed by atoms with Crippen LogP contribution in [0.25, 0.3) is 0 Å². The van der Waals surface area contributed by atoms with Crippen molar-refractivity contribution in [2.24, 2.45) is 5.73 Å². The molecule has 20 heavy (non-hydrogen) atoms. The van der Waals surface area contributed by atoms with Crippen molar-refractivity contribution in [3.63, 3.8) is 0 Å². The first kappa shape index (κ1) is 13.7. The van der Waals surface area contributed by atoms with Crippen LogP contribution in [0.2, 0.25) is 0 Å². The third-order valence-electron chi connectivity index (χ3n) is 4.63. The SMILES string of the molecule is COc1cc(C2(N)CCC2)ccc1OC1CCN(C)C1. The molecule has 0 aromatic heterocycles. The number of hydrogen-bond donors (Lipinski definition) is 1. The summed E-state index contributed by atoms with van der Waals surface area (Å²) < 4.78 is 11.6. The summed E-state index contributed by atoms with van der Waals surface area (Å²) in [4.78, 5) is 2.29. The van der Waals surface area contributed by atoms with Crippen molar-refractivity contribution >= 4 is 0 Å². The van der Waals surface area contributed by atoms with Crippen LogP contribution in [-0.4, -0.2) is 38.3 Å². The molecule has 2 fully saturated rings. The Balaban J connectivity index is 1.77. The first-order chi connectivity index (χ1) is 9.60. The fraction of sp³-hybridized carbons (Fsp3) is 0.625. The molecule has 0 radical (unpaired) electrons. The highest BCUT2D eigenvalue weighted by molar-refractivity contribution is 5.45. The molecule has 4 heteroatoms. The van der Waals surface area contributed by atoms with Crippen molar-refractivity contribution in [2.75, 3.05) is 27.2 Å². The van der Waals surface area contributed by atoms with Gasteiger partial charge in [-0.25, -0.2) is 0 Å². The molecule has 0 spiro atoms. The summed E-state index contributed by atoms with van der Waals surface area (Å²) in [5, 5.41) is 0. The van der Waals surface area contributed by atoms with Gasteiger partial charge < -0.3 is 20.1 Å². The minimum Gasteiger partial charge on any atom is -0.493 e. The molecule has 1 saturated carbocycles. The number of benzene rings is 1. The van der Waals surface area contributed by atoms with Gasteiger partial charge in [0.25, 0.3) is 0 Å². The summed E-state index contributed by atoms with van der Waals surface area (Å²) in [7, 11) is 3.81. The van der Waals surface area contributed by atoms with Gasteiger partial charge >= 0.3 is 0 Å². The zero-order chi connectivity index (χ0) is 14.2. The molecule has 1 aromatic carbocycles. The van der Waals surface area contributed by atoms with E-state index in [1.165, 1.54) is 6.42 Å². The van der Waals surface area contributed by atoms with Gasteiger partial charge in [-0.05, 0) is 50.4 Å². The average Bonchev–Trinajstić information content (AvgIpc) is 2.82. The Bertz CT molecular complexity index is 485. The molecule has 1 saturated heterocycles. The lowest BCUT2D eigenvalue weighted by Crippen LogP contribution is -2.43. The van der Waals surface area contributed by atoms with E-state index < -0.39 is 0 Å². The van der Waals surface area contributed by atoms with Crippen LogP contribution in [0.1, 0.15) is 31.2 Å². The van der Waals surface area contributed by atoms with Gasteiger partial charge in [0, 0.05) is 18.6 Å². The van der Waals surface area contributed by atoms with E-state index in [1.54, 1.807) is 7.11 Å². The Kier molecular flexibility index (Phi) is 3.61. The number of ether oxygens (including phenoxy) is 2. The maximum absolute atomic E-state index is 6.38. The highest BCUT2D eigenvalue weighted by atomic mass is 16.5. The van der Waals surface area contributed by atoms with Gasteiger partial charge in [0.05, 0.1) is 7.11 Å². The predicted molar refractivity (Wildman–Crippen MR) is 79.2 cm³/mol. The standard InChI is InChI=1S/C16H24N2O2/c1-18-9-6-13(11-18)20-14-5-4-12(10-15(14)19-2)16(17)7-3-8-16/h4-5,10,13H,3,6-9,11,17H2,1-2H3. The third kappa shape index (κ3) is 2.50. The molecule has 1 atom stereocenters. The van der Waals surface area contributed by atoms with Gasteiger partial charge in [0.1, 0.15) is 6.10 Å². The largest absolute Gasteiger partial charge is 0.493 e. The molecule has 2 aliphatic rings. The minimum atomic E-state index is -0.153. The number of rotatable bonds is 4. The van der Waals surface area contributed by atoms with Crippen molar-refractivity contribution in [3.8, 4) is 11.5 Å². The number of likely N-dealkylation sites (tertiary alicyclic amines) is 1. The lowest BCUT2D eigenvalue weighted by atomic mass is 9.73. The number of hydrogen-bond acceptors (Lipinski definition) is 4. The normalized spacial score (nSPS) is 25.2. The number of likely N-dealkylation sites (N-methyl/N-ethyl adjacent to an activating group) is 1. The van der Waals surface area contributed by atoms with Crippen molar-refractivity contribution < 1.29 is 9.47 Å². The van der Waals surface area contributed by atoms with Gasteiger partial charge in [-0.1, -0.05) is 6.07 Å². The Morgan fingerprint density at radius 1 is 1.30 bits per heavy atom. The lowest BCUT2D eigenvalue weighted by Gasteiger charge is -2.38. The molecule has 1 aromatic rings. The van der Waals surface area contributed by atoms with Gasteiger partial charge in [0.2, 0.25) is 0 Å². The maximum Gasteiger partial charge on any atom is 0.161 e. The lowest BCUT2D eigenvalue weighted by molar-refractivity contribution is 0.198. The summed E-state index contributed by atoms with van der Waals surface area (Å²) in [6, 6.07) is 6.16. The van der Waals surface area contributed by atoms with Crippen LogP contribution in [-0.2, 0) is 5.54 Å². The van der Waals surface area contributed by atoms with E-state index in [0.29, 0.717) is 0 Å². The molecular formula is C16H24N2O2. The van der Waals surface area contributed by atoms with Crippen LogP contribution in [0.15, 0.2) is 18.2 Å². The molecule has 110 valence electrons. The topological polar surface area (TPSA) is 47.7 Å². The molecule has 0 amide bonds. The summed E-state index contributed by atoms with van der Waals surface area (Å²) in [5.41, 5.74) is 7.39. The van der Waals surface area contributed by atoms with E-state index in [2.05, 4.69) is 18.0 Å². The molecule has 3 rings (SSSR count). The number of nitrogens with two attached hydrogens (primary N) is 1. The highest BCUT2D eigenvalue weighted by Crippen LogP contribution is 2.42. The Hall–Kier alpha value is -1.26. The zero-order valence-corrected chi connectivity index (χ0v) is 12.4. The maximum atomic E-state index is 6.38. The van der Waals surface area contributed by atoms with E-state index in [0.717, 1.165) is 49.4 Å². The molecule has 1 aliphatic carbocycles. The van der Waals surface area contributed by atoms with Gasteiger partial charge in [-0.2, -0.15) is 0 Å². The van der Waals surface area contributed by atoms with Crippen LogP contribution in [0, 0.1) is 0 Å². The van der Waals surface area contributed by atoms with E-state index in [1.807, 2.05) is 12.1 Å². The third-order valence-corrected chi connectivity index (χ3v) is 4.63. The van der Waals surface area contributed by atoms with Crippen molar-refractivity contribution in [2.45, 2.75) is 37.3 Å². The fourth-order valence-electron chi connectivity index (χ4n) is 3.09. The Labute approximate surface area is 120 Å². The summed E-state index contributed by atoms with van der Waals surface area (Å²) in [6.07, 6.45) is 4.66. The van der Waals surface area contributed by atoms with E-state index in [4.69, 9.17) is 15.2 Å². The Morgan fingerprint density at radius 2 is 2.10 bits per heavy atom. The number of methoxy groups -OCH3 is 1. The molecule has 0 bridgehead atoms. The van der Waals surface area contributed by atoms with Crippen LogP contribution in [0.3, 0.4) is 0 Å². The summed E-state index contributed by atoms with van der Waals surface area (Å²) >= 11 is 0. The second-order valence-electron chi connectivity index (χ2n) is 6.17. The molecule has 1 unspecified atom stereocenters. The predicted octanol–water partition coefficient (Wildman–Crippen LogP) is 2.12. The summed E-state index contributed by atoms with van der Waals surface area (Å²) in [5.74, 6) is 1.63. The van der Waals surface area contributed by atoms with Crippen LogP contribution < -0.4 is 15.2 Å². The van der Waals surface area contributed by atoms with Gasteiger partial charge in [-0.15, -0.1) is 0 Å². The smallest absolute Gasteiger partial charge is 0.161 e. The van der Waals surface area contributed by atoms with Crippen LogP contribution >= 0.6 is 0 Å². The van der Waals surface area contributed by atoms with E-state index in [9.17, 15) is 0 Å². The minimum absolute atomic E-state index is 0.153. The van der Waals surface area contributed by atoms with Gasteiger partial charge in [0.15, 0.2) is 11.5 Å². The molecule has 1 heterocycles. The molecular weight excluding hydrogens is 252 g/mol. The van der Waals surface area contributed by atoms with Crippen molar-refractivity contribution in [1.29, 1.82) is 0 Å². The first-order valence-electron chi connectivity index (χ1n) is 7.43. The van der Waals surface area contributed by atoms with Crippen LogP contribution in [0.4, 0.5) is 0 Å². The molecule has 1 aliphatic heterocycles. The second-order valence-corrected chi connectivity index (χ2v) is 6.17. The fourth-order valence-corrected chi connectivity index (χ4v) is 3.09. The van der Waals surface area contributed by atoms with Crippen LogP contribution in [0.5, 0.6) is 11.5 Å². The van der Waals surface area contributed by atoms with E-state index >= 15 is 0 Å². The second kappa shape index (κ2) is 5.26. The first-order valence-corrected chi connectivity index (χ1v) is 7.43. The van der Waals surface area contributed by atoms with Crippen molar-refractivity contribution in [3.05, 3.63) is 23.8 Å². The van der Waals surface area contributed by atoms with Gasteiger partial charge in [-0.3, -0.25) is 0 Å².